The van der Waals surface area contributed by atoms with Crippen LogP contribution >= 0.6 is 35.5 Å². The van der Waals surface area contributed by atoms with Crippen LogP contribution in [0.15, 0.2) is 47.4 Å². The van der Waals surface area contributed by atoms with Crippen LogP contribution in [-0.2, 0) is 9.53 Å². The summed E-state index contributed by atoms with van der Waals surface area (Å²) in [6.45, 7) is 5.00. The van der Waals surface area contributed by atoms with Crippen molar-refractivity contribution in [2.45, 2.75) is 24.2 Å². The Morgan fingerprint density at radius 3 is 2.71 bits per heavy atom. The number of ether oxygens (including phenoxy) is 2. The number of anilines is 1. The lowest BCUT2D eigenvalue weighted by molar-refractivity contribution is -0.118. The maximum absolute atomic E-state index is 13.3. The van der Waals surface area contributed by atoms with Crippen molar-refractivity contribution in [1.82, 2.24) is 9.88 Å². The van der Waals surface area contributed by atoms with Crippen LogP contribution in [-0.4, -0.2) is 68.0 Å². The molecule has 1 aliphatic rings. The van der Waals surface area contributed by atoms with E-state index in [2.05, 4.69) is 4.90 Å². The third-order valence-electron chi connectivity index (χ3n) is 5.69. The highest BCUT2D eigenvalue weighted by molar-refractivity contribution is 7.99. The normalized spacial score (nSPS) is 14.0. The number of benzene rings is 2. The van der Waals surface area contributed by atoms with E-state index in [0.717, 1.165) is 77.4 Å². The summed E-state index contributed by atoms with van der Waals surface area (Å²) in [5.41, 5.74) is 0.845. The molecule has 2 heterocycles. The summed E-state index contributed by atoms with van der Waals surface area (Å²) in [4.78, 5) is 23.3. The predicted octanol–water partition coefficient (Wildman–Crippen LogP) is 5.49. The Bertz CT molecular complexity index is 1080. The smallest absolute Gasteiger partial charge is 0.228 e. The number of morpholine rings is 1. The number of hydrogen-bond acceptors (Lipinski definition) is 7. The van der Waals surface area contributed by atoms with E-state index in [1.165, 1.54) is 12.1 Å². The molecule has 0 aliphatic carbocycles. The van der Waals surface area contributed by atoms with Crippen LogP contribution in [0.2, 0.25) is 0 Å². The summed E-state index contributed by atoms with van der Waals surface area (Å²) < 4.78 is 24.9. The molecule has 0 atom stereocenters. The average molecular weight is 540 g/mol. The Kier molecular flexibility index (Phi) is 11.1. The fourth-order valence-corrected chi connectivity index (χ4v) is 5.66. The van der Waals surface area contributed by atoms with E-state index in [-0.39, 0.29) is 24.1 Å². The third-order valence-corrected chi connectivity index (χ3v) is 7.85. The molecule has 10 heteroatoms. The van der Waals surface area contributed by atoms with Gasteiger partial charge in [-0.2, -0.15) is 0 Å². The largest absolute Gasteiger partial charge is 0.497 e. The molecule has 190 valence electrons. The molecular formula is C25H31ClFN3O3S2. The maximum atomic E-state index is 13.3. The minimum atomic E-state index is -0.235. The van der Waals surface area contributed by atoms with E-state index in [1.54, 1.807) is 42.3 Å². The van der Waals surface area contributed by atoms with Crippen LogP contribution in [0, 0.1) is 5.82 Å². The van der Waals surface area contributed by atoms with E-state index in [1.807, 2.05) is 23.1 Å². The lowest BCUT2D eigenvalue weighted by Gasteiger charge is -2.27. The second-order valence-corrected chi connectivity index (χ2v) is 10.3. The zero-order chi connectivity index (χ0) is 23.8. The molecule has 0 saturated carbocycles. The molecule has 2 aromatic carbocycles. The molecular weight excluding hydrogens is 509 g/mol. The number of carbonyl (C=O) groups excluding carboxylic acids is 1. The molecule has 3 aromatic rings. The van der Waals surface area contributed by atoms with Gasteiger partial charge in [0.1, 0.15) is 11.6 Å². The lowest BCUT2D eigenvalue weighted by Crippen LogP contribution is -2.39. The molecule has 1 fully saturated rings. The number of amides is 1. The van der Waals surface area contributed by atoms with Crippen LogP contribution in [0.5, 0.6) is 5.75 Å². The Morgan fingerprint density at radius 2 is 1.97 bits per heavy atom. The topological polar surface area (TPSA) is 54.9 Å². The lowest BCUT2D eigenvalue weighted by atomic mass is 10.2. The zero-order valence-electron chi connectivity index (χ0n) is 19.8. The highest BCUT2D eigenvalue weighted by atomic mass is 35.5. The summed E-state index contributed by atoms with van der Waals surface area (Å²) in [5, 5.41) is 0.737. The van der Waals surface area contributed by atoms with Gasteiger partial charge in [0.2, 0.25) is 5.91 Å². The van der Waals surface area contributed by atoms with Gasteiger partial charge in [0, 0.05) is 43.6 Å². The van der Waals surface area contributed by atoms with E-state index in [0.29, 0.717) is 13.0 Å². The van der Waals surface area contributed by atoms with Crippen molar-refractivity contribution < 1.29 is 18.7 Å². The van der Waals surface area contributed by atoms with Gasteiger partial charge in [-0.25, -0.2) is 9.37 Å². The van der Waals surface area contributed by atoms with Gasteiger partial charge in [-0.05, 0) is 55.0 Å². The standard InChI is InChI=1S/C25H30FN3O3S2.ClH/c1-31-20-7-10-23-22(18-20)27-25(34-23)29(12-3-11-28-13-15-32-16-14-28)24(30)4-2-17-33-21-8-5-19(26)6-9-21;/h5-10,18H,2-4,11-17H2,1H3;1H. The van der Waals surface area contributed by atoms with E-state index >= 15 is 0 Å². The number of nitrogens with zero attached hydrogens (tertiary/aromatic N) is 3. The number of halogens is 2. The van der Waals surface area contributed by atoms with Crippen molar-refractivity contribution in [2.75, 3.05) is 57.2 Å². The highest BCUT2D eigenvalue weighted by Crippen LogP contribution is 2.32. The van der Waals surface area contributed by atoms with Crippen LogP contribution < -0.4 is 9.64 Å². The van der Waals surface area contributed by atoms with Gasteiger partial charge < -0.3 is 9.47 Å². The van der Waals surface area contributed by atoms with Crippen LogP contribution in [0.4, 0.5) is 9.52 Å². The van der Waals surface area contributed by atoms with E-state index in [9.17, 15) is 9.18 Å². The number of rotatable bonds is 11. The molecule has 1 saturated heterocycles. The van der Waals surface area contributed by atoms with Crippen LogP contribution in [0.1, 0.15) is 19.3 Å². The van der Waals surface area contributed by atoms with E-state index < -0.39 is 0 Å². The van der Waals surface area contributed by atoms with Crippen molar-refractivity contribution in [3.05, 3.63) is 48.3 Å². The number of thioether (sulfide) groups is 1. The number of thiazole rings is 1. The Balaban J connectivity index is 0.00000342. The minimum absolute atomic E-state index is 0. The number of fused-ring (bicyclic) bond motifs is 1. The Morgan fingerprint density at radius 1 is 1.20 bits per heavy atom. The molecule has 0 unspecified atom stereocenters. The fourth-order valence-electron chi connectivity index (χ4n) is 3.82. The number of methoxy groups -OCH3 is 1. The number of carbonyl (C=O) groups is 1. The maximum Gasteiger partial charge on any atom is 0.228 e. The summed E-state index contributed by atoms with van der Waals surface area (Å²) in [5.74, 6) is 1.41. The van der Waals surface area contributed by atoms with Gasteiger partial charge in [-0.1, -0.05) is 11.3 Å². The Labute approximate surface area is 220 Å². The van der Waals surface area contributed by atoms with Crippen LogP contribution in [0.3, 0.4) is 0 Å². The van der Waals surface area contributed by atoms with Crippen molar-refractivity contribution in [3.63, 3.8) is 0 Å². The summed E-state index contributed by atoms with van der Waals surface area (Å²) in [6.07, 6.45) is 2.08. The molecule has 0 spiro atoms. The second-order valence-electron chi connectivity index (χ2n) is 8.09. The molecule has 1 amide bonds. The molecule has 0 radical (unpaired) electrons. The summed E-state index contributed by atoms with van der Waals surface area (Å²) in [7, 11) is 1.64. The van der Waals surface area contributed by atoms with Gasteiger partial charge in [-0.15, -0.1) is 24.2 Å². The van der Waals surface area contributed by atoms with Gasteiger partial charge in [0.05, 0.1) is 30.5 Å². The first-order valence-corrected chi connectivity index (χ1v) is 13.4. The SMILES string of the molecule is COc1ccc2sc(N(CCCN3CCOCC3)C(=O)CCCSc3ccc(F)cc3)nc2c1.Cl. The van der Waals surface area contributed by atoms with Crippen molar-refractivity contribution >= 4 is 56.8 Å². The summed E-state index contributed by atoms with van der Waals surface area (Å²) >= 11 is 3.18. The zero-order valence-corrected chi connectivity index (χ0v) is 22.2. The number of aromatic nitrogens is 1. The van der Waals surface area contributed by atoms with Gasteiger partial charge >= 0.3 is 0 Å². The quantitative estimate of drug-likeness (QED) is 0.237. The average Bonchev–Trinajstić information content (AvgIpc) is 3.29. The van der Waals surface area contributed by atoms with Crippen molar-refractivity contribution in [2.24, 2.45) is 0 Å². The fraction of sp³-hybridized carbons (Fsp3) is 0.440. The van der Waals surface area contributed by atoms with Gasteiger partial charge in [-0.3, -0.25) is 14.6 Å². The first-order valence-electron chi connectivity index (χ1n) is 11.6. The Hall–Kier alpha value is -1.91. The number of hydrogen-bond donors (Lipinski definition) is 0. The molecule has 1 aromatic heterocycles. The van der Waals surface area contributed by atoms with Crippen LogP contribution in [0.25, 0.3) is 10.2 Å². The minimum Gasteiger partial charge on any atom is -0.497 e. The van der Waals surface area contributed by atoms with E-state index in [4.69, 9.17) is 14.5 Å². The molecule has 4 rings (SSSR count). The molecule has 0 N–H and O–H groups in total. The monoisotopic (exact) mass is 539 g/mol. The molecule has 0 bridgehead atoms. The van der Waals surface area contributed by atoms with Gasteiger partial charge in [0.15, 0.2) is 5.13 Å². The first-order chi connectivity index (χ1) is 16.6. The van der Waals surface area contributed by atoms with Gasteiger partial charge in [0.25, 0.3) is 0 Å². The summed E-state index contributed by atoms with van der Waals surface area (Å²) in [6, 6.07) is 12.3. The predicted molar refractivity (Wildman–Crippen MR) is 144 cm³/mol. The second kappa shape index (κ2) is 14.0. The molecule has 6 nitrogen and oxygen atoms in total. The van der Waals surface area contributed by atoms with Crippen molar-refractivity contribution in [3.8, 4) is 5.75 Å². The highest BCUT2D eigenvalue weighted by Gasteiger charge is 2.20. The first kappa shape index (κ1) is 27.7. The molecule has 1 aliphatic heterocycles. The molecule has 35 heavy (non-hydrogen) atoms. The van der Waals surface area contributed by atoms with Crippen molar-refractivity contribution in [1.29, 1.82) is 0 Å². The third kappa shape index (κ3) is 8.05.